The lowest BCUT2D eigenvalue weighted by Gasteiger charge is -2.34. The Labute approximate surface area is 143 Å². The number of likely N-dealkylation sites (N-methyl/N-ethyl adjacent to an activating group) is 1. The van der Waals surface area contributed by atoms with Gasteiger partial charge < -0.3 is 16.0 Å². The first-order chi connectivity index (χ1) is 11.1. The molecule has 126 valence electrons. The molecule has 2 aliphatic rings. The molecular formula is C18H28N4S. The zero-order chi connectivity index (χ0) is 16.3. The summed E-state index contributed by atoms with van der Waals surface area (Å²) in [5.41, 5.74) is 10.4. The van der Waals surface area contributed by atoms with Gasteiger partial charge in [0.2, 0.25) is 0 Å². The third-order valence-corrected chi connectivity index (χ3v) is 6.47. The van der Waals surface area contributed by atoms with Crippen LogP contribution in [0.1, 0.15) is 30.4 Å². The highest BCUT2D eigenvalue weighted by molar-refractivity contribution is 7.99. The van der Waals surface area contributed by atoms with Crippen LogP contribution in [-0.2, 0) is 12.8 Å². The van der Waals surface area contributed by atoms with Gasteiger partial charge in [0.1, 0.15) is 0 Å². The van der Waals surface area contributed by atoms with Crippen LogP contribution in [0.3, 0.4) is 0 Å². The molecule has 1 aliphatic carbocycles. The largest absolute Gasteiger partial charge is 0.370 e. The normalized spacial score (nSPS) is 24.7. The summed E-state index contributed by atoms with van der Waals surface area (Å²) in [6.07, 6.45) is 6.07. The average Bonchev–Trinajstić information content (AvgIpc) is 3.04. The van der Waals surface area contributed by atoms with E-state index in [4.69, 9.17) is 5.73 Å². The highest BCUT2D eigenvalue weighted by Crippen LogP contribution is 2.32. The van der Waals surface area contributed by atoms with E-state index in [2.05, 4.69) is 47.5 Å². The minimum atomic E-state index is 0.160. The topological polar surface area (TPSA) is 53.6 Å². The maximum absolute atomic E-state index is 6.19. The van der Waals surface area contributed by atoms with Crippen LogP contribution >= 0.6 is 11.8 Å². The van der Waals surface area contributed by atoms with Gasteiger partial charge in [0.05, 0.1) is 6.54 Å². The molecule has 3 rings (SSSR count). The van der Waals surface area contributed by atoms with E-state index < -0.39 is 0 Å². The monoisotopic (exact) mass is 332 g/mol. The third kappa shape index (κ3) is 3.66. The van der Waals surface area contributed by atoms with Crippen molar-refractivity contribution in [2.75, 3.05) is 37.5 Å². The van der Waals surface area contributed by atoms with Gasteiger partial charge in [-0.05, 0) is 69.1 Å². The molecule has 0 radical (unpaired) electrons. The van der Waals surface area contributed by atoms with Gasteiger partial charge in [-0.3, -0.25) is 4.99 Å². The summed E-state index contributed by atoms with van der Waals surface area (Å²) in [6, 6.07) is 6.48. The molecule has 1 atom stereocenters. The standard InChI is InChI=1S/C18H28N4S/c1-22(2)18(10-11-23-13-18)12-20-17(19)21-16-9-5-7-14-6-3-4-8-15(14)16/h5,7,9H,3-4,6,8,10-13H2,1-2H3,(H3,19,20,21). The lowest BCUT2D eigenvalue weighted by molar-refractivity contribution is 0.190. The van der Waals surface area contributed by atoms with Crippen molar-refractivity contribution in [3.63, 3.8) is 0 Å². The number of aryl methyl sites for hydroxylation is 1. The molecular weight excluding hydrogens is 304 g/mol. The minimum Gasteiger partial charge on any atom is -0.370 e. The summed E-state index contributed by atoms with van der Waals surface area (Å²) in [7, 11) is 4.30. The van der Waals surface area contributed by atoms with Gasteiger partial charge in [-0.1, -0.05) is 12.1 Å². The number of hydrogen-bond acceptors (Lipinski definition) is 3. The lowest BCUT2D eigenvalue weighted by Crippen LogP contribution is -2.47. The van der Waals surface area contributed by atoms with Gasteiger partial charge in [-0.25, -0.2) is 0 Å². The fraction of sp³-hybridized carbons (Fsp3) is 0.611. The number of anilines is 1. The summed E-state index contributed by atoms with van der Waals surface area (Å²) in [5.74, 6) is 2.90. The zero-order valence-electron chi connectivity index (χ0n) is 14.3. The van der Waals surface area contributed by atoms with E-state index in [0.29, 0.717) is 5.96 Å². The van der Waals surface area contributed by atoms with E-state index in [9.17, 15) is 0 Å². The summed E-state index contributed by atoms with van der Waals surface area (Å²) < 4.78 is 0. The molecule has 1 aliphatic heterocycles. The van der Waals surface area contributed by atoms with Gasteiger partial charge >= 0.3 is 0 Å². The van der Waals surface area contributed by atoms with Crippen LogP contribution in [0.2, 0.25) is 0 Å². The number of nitrogens with two attached hydrogens (primary N) is 1. The molecule has 0 spiro atoms. The number of fused-ring (bicyclic) bond motifs is 1. The Balaban J connectivity index is 1.70. The van der Waals surface area contributed by atoms with Crippen LogP contribution in [-0.4, -0.2) is 48.5 Å². The fourth-order valence-electron chi connectivity index (χ4n) is 3.52. The van der Waals surface area contributed by atoms with Crippen molar-refractivity contribution in [3.05, 3.63) is 29.3 Å². The van der Waals surface area contributed by atoms with Crippen molar-refractivity contribution in [1.82, 2.24) is 4.90 Å². The molecule has 1 aromatic carbocycles. The predicted octanol–water partition coefficient (Wildman–Crippen LogP) is 2.73. The van der Waals surface area contributed by atoms with Crippen LogP contribution in [0.5, 0.6) is 0 Å². The molecule has 3 N–H and O–H groups in total. The smallest absolute Gasteiger partial charge is 0.193 e. The number of guanidine groups is 1. The van der Waals surface area contributed by atoms with Crippen LogP contribution in [0.4, 0.5) is 5.69 Å². The zero-order valence-corrected chi connectivity index (χ0v) is 15.1. The van der Waals surface area contributed by atoms with E-state index >= 15 is 0 Å². The first kappa shape index (κ1) is 16.7. The van der Waals surface area contributed by atoms with Crippen molar-refractivity contribution in [2.45, 2.75) is 37.6 Å². The predicted molar refractivity (Wildman–Crippen MR) is 102 cm³/mol. The molecule has 0 bridgehead atoms. The van der Waals surface area contributed by atoms with Crippen LogP contribution in [0, 0.1) is 0 Å². The Kier molecular flexibility index (Phi) is 5.17. The Morgan fingerprint density at radius 1 is 1.35 bits per heavy atom. The first-order valence-electron chi connectivity index (χ1n) is 8.54. The molecule has 1 unspecified atom stereocenters. The number of thioether (sulfide) groups is 1. The summed E-state index contributed by atoms with van der Waals surface area (Å²) in [6.45, 7) is 0.765. The molecule has 5 heteroatoms. The molecule has 1 aromatic rings. The SMILES string of the molecule is CN(C)C1(CN=C(N)Nc2cccc3c2CCCC3)CCSC1. The van der Waals surface area contributed by atoms with Crippen molar-refractivity contribution in [2.24, 2.45) is 10.7 Å². The Morgan fingerprint density at radius 2 is 2.17 bits per heavy atom. The van der Waals surface area contributed by atoms with Gasteiger partial charge in [0, 0.05) is 17.0 Å². The van der Waals surface area contributed by atoms with Crippen molar-refractivity contribution >= 4 is 23.4 Å². The van der Waals surface area contributed by atoms with Crippen molar-refractivity contribution < 1.29 is 0 Å². The molecule has 23 heavy (non-hydrogen) atoms. The van der Waals surface area contributed by atoms with Crippen LogP contribution < -0.4 is 11.1 Å². The average molecular weight is 333 g/mol. The highest BCUT2D eigenvalue weighted by Gasteiger charge is 2.36. The van der Waals surface area contributed by atoms with E-state index in [1.807, 2.05) is 11.8 Å². The third-order valence-electron chi connectivity index (χ3n) is 5.23. The molecule has 0 aromatic heterocycles. The van der Waals surface area contributed by atoms with Crippen molar-refractivity contribution in [3.8, 4) is 0 Å². The number of benzene rings is 1. The quantitative estimate of drug-likeness (QED) is 0.657. The van der Waals surface area contributed by atoms with Crippen molar-refractivity contribution in [1.29, 1.82) is 0 Å². The number of rotatable bonds is 4. The maximum Gasteiger partial charge on any atom is 0.193 e. The number of aliphatic imine (C=N–C) groups is 1. The number of nitrogens with one attached hydrogen (secondary N) is 1. The number of nitrogens with zero attached hydrogens (tertiary/aromatic N) is 2. The second kappa shape index (κ2) is 7.14. The van der Waals surface area contributed by atoms with E-state index in [1.165, 1.54) is 42.6 Å². The van der Waals surface area contributed by atoms with Gasteiger partial charge in [-0.2, -0.15) is 11.8 Å². The van der Waals surface area contributed by atoms with Crippen LogP contribution in [0.25, 0.3) is 0 Å². The Hall–Kier alpha value is -1.20. The second-order valence-electron chi connectivity index (χ2n) is 6.90. The summed E-state index contributed by atoms with van der Waals surface area (Å²) in [4.78, 5) is 6.99. The maximum atomic E-state index is 6.19. The van der Waals surface area contributed by atoms with Crippen LogP contribution in [0.15, 0.2) is 23.2 Å². The highest BCUT2D eigenvalue weighted by atomic mass is 32.2. The molecule has 0 amide bonds. The van der Waals surface area contributed by atoms with E-state index in [-0.39, 0.29) is 5.54 Å². The lowest BCUT2D eigenvalue weighted by atomic mass is 9.90. The summed E-state index contributed by atoms with van der Waals surface area (Å²) >= 11 is 2.01. The summed E-state index contributed by atoms with van der Waals surface area (Å²) in [5, 5.41) is 3.35. The second-order valence-corrected chi connectivity index (χ2v) is 8.00. The molecule has 1 saturated heterocycles. The van der Waals surface area contributed by atoms with Gasteiger partial charge in [0.25, 0.3) is 0 Å². The molecule has 0 saturated carbocycles. The van der Waals surface area contributed by atoms with Gasteiger partial charge in [-0.15, -0.1) is 0 Å². The first-order valence-corrected chi connectivity index (χ1v) is 9.69. The molecule has 4 nitrogen and oxygen atoms in total. The molecule has 1 fully saturated rings. The minimum absolute atomic E-state index is 0.160. The Bertz CT molecular complexity index is 576. The Morgan fingerprint density at radius 3 is 2.91 bits per heavy atom. The van der Waals surface area contributed by atoms with E-state index in [0.717, 1.165) is 24.4 Å². The fourth-order valence-corrected chi connectivity index (χ4v) is 5.07. The molecule has 1 heterocycles. The number of hydrogen-bond donors (Lipinski definition) is 2. The van der Waals surface area contributed by atoms with E-state index in [1.54, 1.807) is 0 Å². The van der Waals surface area contributed by atoms with Gasteiger partial charge in [0.15, 0.2) is 5.96 Å².